The van der Waals surface area contributed by atoms with Crippen LogP contribution in [0.3, 0.4) is 0 Å². The topological polar surface area (TPSA) is 38.7 Å². The normalized spacial score (nSPS) is 10.6. The molecule has 0 aromatic heterocycles. The van der Waals surface area contributed by atoms with Gasteiger partial charge in [0.05, 0.1) is 14.2 Å². The summed E-state index contributed by atoms with van der Waals surface area (Å²) in [4.78, 5) is 0. The molecule has 0 heterocycles. The van der Waals surface area contributed by atoms with E-state index in [-0.39, 0.29) is 5.75 Å². The van der Waals surface area contributed by atoms with Crippen molar-refractivity contribution in [2.24, 2.45) is 0 Å². The third-order valence-electron chi connectivity index (χ3n) is 2.73. The van der Waals surface area contributed by atoms with Crippen molar-refractivity contribution in [3.8, 4) is 17.2 Å². The maximum absolute atomic E-state index is 9.56. The highest BCUT2D eigenvalue weighted by Crippen LogP contribution is 2.23. The molecule has 0 saturated heterocycles. The Hall–Kier alpha value is -2.42. The lowest BCUT2D eigenvalue weighted by Crippen LogP contribution is -1.83. The Morgan fingerprint density at radius 1 is 0.789 bits per heavy atom. The summed E-state index contributed by atoms with van der Waals surface area (Å²) in [5.41, 5.74) is 1.94. The zero-order valence-corrected chi connectivity index (χ0v) is 11.0. The minimum atomic E-state index is 0.189. The fraction of sp³-hybridized carbons (Fsp3) is 0.125. The first-order chi connectivity index (χ1) is 9.21. The van der Waals surface area contributed by atoms with Crippen molar-refractivity contribution >= 4 is 12.2 Å². The molecule has 2 rings (SSSR count). The molecule has 0 spiro atoms. The van der Waals surface area contributed by atoms with Gasteiger partial charge in [0.15, 0.2) is 0 Å². The van der Waals surface area contributed by atoms with E-state index >= 15 is 0 Å². The highest BCUT2D eigenvalue weighted by atomic mass is 16.5. The second-order valence-corrected chi connectivity index (χ2v) is 4.07. The van der Waals surface area contributed by atoms with Gasteiger partial charge in [-0.2, -0.15) is 0 Å². The van der Waals surface area contributed by atoms with Crippen molar-refractivity contribution in [2.75, 3.05) is 14.2 Å². The van der Waals surface area contributed by atoms with Crippen molar-refractivity contribution in [1.82, 2.24) is 0 Å². The average Bonchev–Trinajstić information content (AvgIpc) is 2.45. The van der Waals surface area contributed by atoms with Gasteiger partial charge < -0.3 is 14.6 Å². The number of phenols is 1. The molecule has 0 fully saturated rings. The number of ether oxygens (including phenoxy) is 2. The molecule has 2 aromatic rings. The van der Waals surface area contributed by atoms with Gasteiger partial charge >= 0.3 is 0 Å². The zero-order valence-electron chi connectivity index (χ0n) is 11.0. The average molecular weight is 256 g/mol. The molecule has 0 aliphatic carbocycles. The lowest BCUT2D eigenvalue weighted by atomic mass is 10.1. The SMILES string of the molecule is COc1ccc(C=Cc2cc(O)cc(OC)c2)cc1. The van der Waals surface area contributed by atoms with Gasteiger partial charge in [0.2, 0.25) is 0 Å². The molecule has 1 N–H and O–H groups in total. The smallest absolute Gasteiger partial charge is 0.123 e. The van der Waals surface area contributed by atoms with Crippen molar-refractivity contribution in [2.45, 2.75) is 0 Å². The Balaban J connectivity index is 2.19. The van der Waals surface area contributed by atoms with Crippen LogP contribution in [0.15, 0.2) is 42.5 Å². The number of methoxy groups -OCH3 is 2. The number of benzene rings is 2. The molecule has 19 heavy (non-hydrogen) atoms. The van der Waals surface area contributed by atoms with Crippen LogP contribution in [-0.2, 0) is 0 Å². The van der Waals surface area contributed by atoms with E-state index in [2.05, 4.69) is 0 Å². The van der Waals surface area contributed by atoms with Gasteiger partial charge in [0, 0.05) is 6.07 Å². The van der Waals surface area contributed by atoms with Crippen LogP contribution in [0, 0.1) is 0 Å². The predicted octanol–water partition coefficient (Wildman–Crippen LogP) is 3.58. The Morgan fingerprint density at radius 2 is 1.42 bits per heavy atom. The summed E-state index contributed by atoms with van der Waals surface area (Å²) in [5, 5.41) is 9.56. The molecular formula is C16H16O3. The van der Waals surface area contributed by atoms with Crippen LogP contribution in [0.5, 0.6) is 17.2 Å². The van der Waals surface area contributed by atoms with E-state index in [1.165, 1.54) is 0 Å². The second-order valence-electron chi connectivity index (χ2n) is 4.07. The van der Waals surface area contributed by atoms with E-state index in [4.69, 9.17) is 9.47 Å². The fourth-order valence-corrected chi connectivity index (χ4v) is 1.73. The summed E-state index contributed by atoms with van der Waals surface area (Å²) in [6.07, 6.45) is 3.89. The van der Waals surface area contributed by atoms with Gasteiger partial charge in [-0.15, -0.1) is 0 Å². The maximum atomic E-state index is 9.56. The first kappa shape index (κ1) is 13.0. The Kier molecular flexibility index (Phi) is 4.08. The molecule has 98 valence electrons. The maximum Gasteiger partial charge on any atom is 0.123 e. The molecule has 2 aromatic carbocycles. The number of hydrogen-bond acceptors (Lipinski definition) is 3. The number of phenolic OH excluding ortho intramolecular Hbond substituents is 1. The molecule has 0 saturated carbocycles. The van der Waals surface area contributed by atoms with E-state index in [0.717, 1.165) is 16.9 Å². The molecule has 0 radical (unpaired) electrons. The highest BCUT2D eigenvalue weighted by molar-refractivity contribution is 5.71. The van der Waals surface area contributed by atoms with E-state index in [0.29, 0.717) is 5.75 Å². The lowest BCUT2D eigenvalue weighted by Gasteiger charge is -2.03. The summed E-state index contributed by atoms with van der Waals surface area (Å²) in [6, 6.07) is 12.9. The lowest BCUT2D eigenvalue weighted by molar-refractivity contribution is 0.407. The second kappa shape index (κ2) is 5.96. The first-order valence-corrected chi connectivity index (χ1v) is 5.91. The van der Waals surface area contributed by atoms with Crippen molar-refractivity contribution in [3.63, 3.8) is 0 Å². The Morgan fingerprint density at radius 3 is 2.05 bits per heavy atom. The molecular weight excluding hydrogens is 240 g/mol. The summed E-state index contributed by atoms with van der Waals surface area (Å²) >= 11 is 0. The molecule has 0 aliphatic rings. The molecule has 0 atom stereocenters. The number of hydrogen-bond donors (Lipinski definition) is 1. The summed E-state index contributed by atoms with van der Waals surface area (Å²) in [6.45, 7) is 0. The third kappa shape index (κ3) is 3.52. The standard InChI is InChI=1S/C16H16O3/c1-18-15-7-5-12(6-8-15)3-4-13-9-14(17)11-16(10-13)19-2/h3-11,17H,1-2H3. The van der Waals surface area contributed by atoms with Crippen LogP contribution in [-0.4, -0.2) is 19.3 Å². The first-order valence-electron chi connectivity index (χ1n) is 5.91. The molecule has 0 bridgehead atoms. The van der Waals surface area contributed by atoms with Crippen LogP contribution >= 0.6 is 0 Å². The third-order valence-corrected chi connectivity index (χ3v) is 2.73. The van der Waals surface area contributed by atoms with Crippen molar-refractivity contribution in [3.05, 3.63) is 53.6 Å². The van der Waals surface area contributed by atoms with Crippen LogP contribution < -0.4 is 9.47 Å². The molecule has 0 unspecified atom stereocenters. The van der Waals surface area contributed by atoms with Gasteiger partial charge in [0.1, 0.15) is 17.2 Å². The Labute approximate surface area is 112 Å². The van der Waals surface area contributed by atoms with Crippen molar-refractivity contribution < 1.29 is 14.6 Å². The number of aromatic hydroxyl groups is 1. The minimum absolute atomic E-state index is 0.189. The summed E-state index contributed by atoms with van der Waals surface area (Å²) in [7, 11) is 3.22. The summed E-state index contributed by atoms with van der Waals surface area (Å²) in [5.74, 6) is 1.65. The van der Waals surface area contributed by atoms with Gasteiger partial charge in [-0.1, -0.05) is 24.3 Å². The van der Waals surface area contributed by atoms with E-state index in [1.54, 1.807) is 26.4 Å². The Bertz CT molecular complexity index is 571. The van der Waals surface area contributed by atoms with Crippen LogP contribution in [0.2, 0.25) is 0 Å². The predicted molar refractivity (Wildman–Crippen MR) is 76.6 cm³/mol. The highest BCUT2D eigenvalue weighted by Gasteiger charge is 1.97. The molecule has 0 amide bonds. The van der Waals surface area contributed by atoms with Crippen molar-refractivity contribution in [1.29, 1.82) is 0 Å². The van der Waals surface area contributed by atoms with Crippen LogP contribution in [0.4, 0.5) is 0 Å². The fourth-order valence-electron chi connectivity index (χ4n) is 1.73. The van der Waals surface area contributed by atoms with E-state index < -0.39 is 0 Å². The molecule has 0 aliphatic heterocycles. The van der Waals surface area contributed by atoms with Gasteiger partial charge in [-0.3, -0.25) is 0 Å². The van der Waals surface area contributed by atoms with Gasteiger partial charge in [-0.05, 0) is 35.4 Å². The van der Waals surface area contributed by atoms with Crippen LogP contribution in [0.25, 0.3) is 12.2 Å². The van der Waals surface area contributed by atoms with E-state index in [9.17, 15) is 5.11 Å². The monoisotopic (exact) mass is 256 g/mol. The van der Waals surface area contributed by atoms with Gasteiger partial charge in [-0.25, -0.2) is 0 Å². The quantitative estimate of drug-likeness (QED) is 0.850. The zero-order chi connectivity index (χ0) is 13.7. The largest absolute Gasteiger partial charge is 0.508 e. The minimum Gasteiger partial charge on any atom is -0.508 e. The van der Waals surface area contributed by atoms with Crippen LogP contribution in [0.1, 0.15) is 11.1 Å². The summed E-state index contributed by atoms with van der Waals surface area (Å²) < 4.78 is 10.2. The number of rotatable bonds is 4. The van der Waals surface area contributed by atoms with Gasteiger partial charge in [0.25, 0.3) is 0 Å². The van der Waals surface area contributed by atoms with E-state index in [1.807, 2.05) is 42.5 Å². The molecule has 3 nitrogen and oxygen atoms in total. The molecule has 3 heteroatoms.